The molecule has 1 unspecified atom stereocenters. The van der Waals surface area contributed by atoms with Crippen LogP contribution in [0.5, 0.6) is 0 Å². The highest BCUT2D eigenvalue weighted by molar-refractivity contribution is 5.99. The third kappa shape index (κ3) is 2.70. The van der Waals surface area contributed by atoms with Crippen LogP contribution in [0.25, 0.3) is 5.65 Å². The van der Waals surface area contributed by atoms with E-state index in [-0.39, 0.29) is 6.54 Å². The molecule has 2 heterocycles. The summed E-state index contributed by atoms with van der Waals surface area (Å²) < 4.78 is 1.51. The maximum absolute atomic E-state index is 12.1. The van der Waals surface area contributed by atoms with Crippen molar-refractivity contribution in [2.24, 2.45) is 0 Å². The minimum Gasteiger partial charge on any atom is -0.393 e. The normalized spacial score (nSPS) is 14.0. The summed E-state index contributed by atoms with van der Waals surface area (Å²) in [5.74, 6) is 0.297. The van der Waals surface area contributed by atoms with Crippen molar-refractivity contribution in [3.63, 3.8) is 0 Å². The van der Waals surface area contributed by atoms with Gasteiger partial charge in [0.2, 0.25) is 0 Å². The van der Waals surface area contributed by atoms with Crippen molar-refractivity contribution in [3.8, 4) is 0 Å². The molecule has 0 saturated carbocycles. The van der Waals surface area contributed by atoms with Gasteiger partial charge >= 0.3 is 0 Å². The number of anilines is 1. The molecule has 1 atom stereocenters. The lowest BCUT2D eigenvalue weighted by Gasteiger charge is -2.20. The van der Waals surface area contributed by atoms with Crippen molar-refractivity contribution in [2.45, 2.75) is 12.5 Å². The van der Waals surface area contributed by atoms with Crippen molar-refractivity contribution in [3.05, 3.63) is 24.0 Å². The molecule has 0 aromatic carbocycles. The highest BCUT2D eigenvalue weighted by Gasteiger charge is 2.22. The van der Waals surface area contributed by atoms with E-state index in [9.17, 15) is 9.90 Å². The lowest BCUT2D eigenvalue weighted by molar-refractivity contribution is 0.00321. The van der Waals surface area contributed by atoms with Crippen LogP contribution in [-0.2, 0) is 0 Å². The fourth-order valence-corrected chi connectivity index (χ4v) is 1.66. The molecule has 0 radical (unpaired) electrons. The van der Waals surface area contributed by atoms with Crippen LogP contribution >= 0.6 is 0 Å². The van der Waals surface area contributed by atoms with Gasteiger partial charge in [-0.2, -0.15) is 9.61 Å². The van der Waals surface area contributed by atoms with E-state index in [1.165, 1.54) is 17.6 Å². The molecule has 2 aromatic rings. The SMILES string of the molecule is CNc1ccnc2c(C(=O)NCC(C)(O)CO)cnn12. The van der Waals surface area contributed by atoms with Gasteiger partial charge in [0.25, 0.3) is 5.91 Å². The molecule has 0 bridgehead atoms. The predicted molar refractivity (Wildman–Crippen MR) is 72.6 cm³/mol. The fourth-order valence-electron chi connectivity index (χ4n) is 1.66. The Kier molecular flexibility index (Phi) is 3.86. The van der Waals surface area contributed by atoms with E-state index in [0.29, 0.717) is 17.0 Å². The lowest BCUT2D eigenvalue weighted by Crippen LogP contribution is -2.43. The maximum Gasteiger partial charge on any atom is 0.256 e. The first-order valence-electron chi connectivity index (χ1n) is 6.10. The van der Waals surface area contributed by atoms with Gasteiger partial charge in [-0.3, -0.25) is 4.79 Å². The van der Waals surface area contributed by atoms with Gasteiger partial charge in [-0.1, -0.05) is 0 Å². The lowest BCUT2D eigenvalue weighted by atomic mass is 10.1. The Hall–Kier alpha value is -2.19. The van der Waals surface area contributed by atoms with Gasteiger partial charge in [0.15, 0.2) is 5.65 Å². The smallest absolute Gasteiger partial charge is 0.256 e. The van der Waals surface area contributed by atoms with Crippen molar-refractivity contribution >= 4 is 17.4 Å². The molecule has 8 heteroatoms. The molecule has 0 spiro atoms. The van der Waals surface area contributed by atoms with E-state index in [2.05, 4.69) is 20.7 Å². The second-order valence-electron chi connectivity index (χ2n) is 4.71. The van der Waals surface area contributed by atoms with Gasteiger partial charge in [-0.15, -0.1) is 0 Å². The number of hydrogen-bond acceptors (Lipinski definition) is 6. The summed E-state index contributed by atoms with van der Waals surface area (Å²) >= 11 is 0. The number of aliphatic hydroxyl groups excluding tert-OH is 1. The van der Waals surface area contributed by atoms with Crippen LogP contribution in [0.3, 0.4) is 0 Å². The highest BCUT2D eigenvalue weighted by atomic mass is 16.3. The zero-order chi connectivity index (χ0) is 14.8. The molecule has 2 aromatic heterocycles. The van der Waals surface area contributed by atoms with E-state index < -0.39 is 18.1 Å². The molecular weight excluding hydrogens is 262 g/mol. The molecule has 0 aliphatic carbocycles. The second-order valence-corrected chi connectivity index (χ2v) is 4.71. The molecule has 4 N–H and O–H groups in total. The Balaban J connectivity index is 2.23. The first kappa shape index (κ1) is 14.2. The number of nitrogens with zero attached hydrogens (tertiary/aromatic N) is 3. The van der Waals surface area contributed by atoms with Crippen LogP contribution in [0.15, 0.2) is 18.5 Å². The van der Waals surface area contributed by atoms with Crippen LogP contribution in [0.1, 0.15) is 17.3 Å². The van der Waals surface area contributed by atoms with Crippen molar-refractivity contribution < 1.29 is 15.0 Å². The summed E-state index contributed by atoms with van der Waals surface area (Å²) in [5.41, 5.74) is -0.642. The monoisotopic (exact) mass is 279 g/mol. The number of amides is 1. The van der Waals surface area contributed by atoms with Crippen LogP contribution in [0.2, 0.25) is 0 Å². The van der Waals surface area contributed by atoms with Gasteiger partial charge in [-0.05, 0) is 13.0 Å². The number of hydrogen-bond donors (Lipinski definition) is 4. The van der Waals surface area contributed by atoms with Gasteiger partial charge in [0.1, 0.15) is 17.0 Å². The number of carbonyl (C=O) groups is 1. The number of rotatable bonds is 5. The van der Waals surface area contributed by atoms with Crippen molar-refractivity contribution in [2.75, 3.05) is 25.5 Å². The Bertz CT molecular complexity index is 623. The molecule has 8 nitrogen and oxygen atoms in total. The topological polar surface area (TPSA) is 112 Å². The van der Waals surface area contributed by atoms with Crippen molar-refractivity contribution in [1.82, 2.24) is 19.9 Å². The summed E-state index contributed by atoms with van der Waals surface area (Å²) in [6, 6.07) is 1.73. The van der Waals surface area contributed by atoms with Gasteiger partial charge in [0, 0.05) is 19.8 Å². The van der Waals surface area contributed by atoms with Crippen LogP contribution in [0, 0.1) is 0 Å². The summed E-state index contributed by atoms with van der Waals surface area (Å²) in [4.78, 5) is 16.2. The minimum atomic E-state index is -1.36. The third-order valence-corrected chi connectivity index (χ3v) is 2.87. The van der Waals surface area contributed by atoms with Gasteiger partial charge in [0.05, 0.1) is 12.8 Å². The summed E-state index contributed by atoms with van der Waals surface area (Å²) in [7, 11) is 1.74. The molecule has 0 aliphatic rings. The quantitative estimate of drug-likeness (QED) is 0.572. The fraction of sp³-hybridized carbons (Fsp3) is 0.417. The molecule has 1 amide bonds. The summed E-state index contributed by atoms with van der Waals surface area (Å²) in [6.45, 7) is 0.927. The standard InChI is InChI=1S/C12H17N5O3/c1-12(20,7-18)6-15-11(19)8-5-16-17-9(13-2)3-4-14-10(8)17/h3-5,13,18,20H,6-7H2,1-2H3,(H,15,19). The number of carbonyl (C=O) groups excluding carboxylic acids is 1. The van der Waals surface area contributed by atoms with Crippen LogP contribution < -0.4 is 10.6 Å². The second kappa shape index (κ2) is 5.43. The molecule has 0 saturated heterocycles. The van der Waals surface area contributed by atoms with E-state index in [4.69, 9.17) is 5.11 Å². The Labute approximate surface area is 115 Å². The van der Waals surface area contributed by atoms with Crippen LogP contribution in [0.4, 0.5) is 5.82 Å². The number of nitrogens with one attached hydrogen (secondary N) is 2. The molecule has 20 heavy (non-hydrogen) atoms. The maximum atomic E-state index is 12.1. The summed E-state index contributed by atoms with van der Waals surface area (Å²) in [5, 5.41) is 28.2. The first-order valence-corrected chi connectivity index (χ1v) is 6.10. The van der Waals surface area contributed by atoms with E-state index in [0.717, 1.165) is 0 Å². The molecule has 2 rings (SSSR count). The Morgan fingerprint density at radius 2 is 2.30 bits per heavy atom. The number of aliphatic hydroxyl groups is 2. The van der Waals surface area contributed by atoms with Crippen molar-refractivity contribution in [1.29, 1.82) is 0 Å². The number of fused-ring (bicyclic) bond motifs is 1. The van der Waals surface area contributed by atoms with Crippen LogP contribution in [-0.4, -0.2) is 56.5 Å². The average Bonchev–Trinajstić information content (AvgIpc) is 2.88. The molecular formula is C12H17N5O3. The van der Waals surface area contributed by atoms with E-state index in [1.807, 2.05) is 0 Å². The largest absolute Gasteiger partial charge is 0.393 e. The first-order chi connectivity index (χ1) is 9.48. The zero-order valence-electron chi connectivity index (χ0n) is 11.3. The predicted octanol–water partition coefficient (Wildman–Crippen LogP) is -0.756. The third-order valence-electron chi connectivity index (χ3n) is 2.87. The van der Waals surface area contributed by atoms with Gasteiger partial charge in [-0.25, -0.2) is 4.98 Å². The Morgan fingerprint density at radius 1 is 1.55 bits per heavy atom. The molecule has 0 aliphatic heterocycles. The zero-order valence-corrected chi connectivity index (χ0v) is 11.3. The minimum absolute atomic E-state index is 0.0641. The summed E-state index contributed by atoms with van der Waals surface area (Å²) in [6.07, 6.45) is 2.98. The van der Waals surface area contributed by atoms with E-state index in [1.54, 1.807) is 19.3 Å². The molecule has 108 valence electrons. The average molecular weight is 279 g/mol. The van der Waals surface area contributed by atoms with Gasteiger partial charge < -0.3 is 20.8 Å². The number of aromatic nitrogens is 3. The molecule has 0 fully saturated rings. The highest BCUT2D eigenvalue weighted by Crippen LogP contribution is 2.13. The Morgan fingerprint density at radius 3 is 2.95 bits per heavy atom. The van der Waals surface area contributed by atoms with E-state index >= 15 is 0 Å².